The highest BCUT2D eigenvalue weighted by Gasteiger charge is 2.26. The molecule has 0 aliphatic heterocycles. The van der Waals surface area contributed by atoms with Crippen LogP contribution in [0.2, 0.25) is 0 Å². The number of nitrogens with one attached hydrogen (secondary N) is 1. The Bertz CT molecular complexity index is 800. The van der Waals surface area contributed by atoms with Crippen molar-refractivity contribution < 1.29 is 9.36 Å². The van der Waals surface area contributed by atoms with Gasteiger partial charge in [-0.05, 0) is 57.1 Å². The molecule has 2 aliphatic carbocycles. The van der Waals surface area contributed by atoms with Crippen LogP contribution in [0, 0.1) is 13.8 Å². The summed E-state index contributed by atoms with van der Waals surface area (Å²) in [6.07, 6.45) is 12.8. The van der Waals surface area contributed by atoms with E-state index in [0.717, 1.165) is 24.2 Å². The third kappa shape index (κ3) is 3.67. The van der Waals surface area contributed by atoms with Crippen LogP contribution in [0.5, 0.6) is 0 Å². The minimum atomic E-state index is 0.0888. The molecule has 2 fully saturated rings. The molecule has 0 bridgehead atoms. The molecule has 138 valence electrons. The van der Waals surface area contributed by atoms with E-state index in [0.29, 0.717) is 18.5 Å². The summed E-state index contributed by atoms with van der Waals surface area (Å²) in [7, 11) is 0. The molecule has 0 radical (unpaired) electrons. The third-order valence-electron chi connectivity index (χ3n) is 5.72. The van der Waals surface area contributed by atoms with Gasteiger partial charge in [-0.2, -0.15) is 9.67 Å². The van der Waals surface area contributed by atoms with E-state index in [9.17, 15) is 4.79 Å². The summed E-state index contributed by atoms with van der Waals surface area (Å²) in [6.45, 7) is 4.67. The molecule has 5 nitrogen and oxygen atoms in total. The molecule has 4 rings (SSSR count). The predicted octanol–water partition coefficient (Wildman–Crippen LogP) is 3.10. The maximum Gasteiger partial charge on any atom is 0.286 e. The zero-order chi connectivity index (χ0) is 18.1. The molecule has 0 spiro atoms. The molecule has 2 aliphatic rings. The largest absolute Gasteiger partial charge is 0.348 e. The number of hydrogen-bond acceptors (Lipinski definition) is 2. The third-order valence-corrected chi connectivity index (χ3v) is 5.72. The van der Waals surface area contributed by atoms with Crippen LogP contribution < -0.4 is 9.88 Å². The maximum absolute atomic E-state index is 12.1. The first-order valence-electron chi connectivity index (χ1n) is 9.97. The molecule has 0 atom stereocenters. The quantitative estimate of drug-likeness (QED) is 0.840. The number of carbonyl (C=O) groups is 1. The molecule has 2 saturated carbocycles. The molecule has 1 N–H and O–H groups in total. The fourth-order valence-corrected chi connectivity index (χ4v) is 4.29. The first-order valence-corrected chi connectivity index (χ1v) is 9.97. The number of aryl methyl sites for hydroxylation is 1. The number of nitrogens with zero attached hydrogens (tertiary/aromatic N) is 3. The van der Waals surface area contributed by atoms with Gasteiger partial charge in [0.2, 0.25) is 6.54 Å². The standard InChI is InChI=1S/C21H28N4O/c1-15-21(17-7-4-3-5-8-17)16(2)25(23-15)19-9-6-12-24(13-19)14-20(26)22-18-10-11-18/h6,9,12-13,17-18H,3-5,7-8,10-11,14H2,1-2H3/p+1. The summed E-state index contributed by atoms with van der Waals surface area (Å²) in [6, 6.07) is 4.47. The van der Waals surface area contributed by atoms with Crippen LogP contribution in [-0.4, -0.2) is 21.7 Å². The van der Waals surface area contributed by atoms with Gasteiger partial charge >= 0.3 is 0 Å². The predicted molar refractivity (Wildman–Crippen MR) is 100 cm³/mol. The monoisotopic (exact) mass is 353 g/mol. The summed E-state index contributed by atoms with van der Waals surface area (Å²) in [5, 5.41) is 7.88. The number of aromatic nitrogens is 3. The Morgan fingerprint density at radius 2 is 2.00 bits per heavy atom. The zero-order valence-corrected chi connectivity index (χ0v) is 15.9. The van der Waals surface area contributed by atoms with Gasteiger partial charge < -0.3 is 5.32 Å². The molecule has 0 aromatic carbocycles. The van der Waals surface area contributed by atoms with E-state index in [2.05, 4.69) is 29.9 Å². The van der Waals surface area contributed by atoms with Gasteiger partial charge in [0.05, 0.1) is 5.69 Å². The van der Waals surface area contributed by atoms with Crippen molar-refractivity contribution in [1.29, 1.82) is 0 Å². The normalized spacial score (nSPS) is 18.1. The fraction of sp³-hybridized carbons (Fsp3) is 0.571. The van der Waals surface area contributed by atoms with E-state index in [1.54, 1.807) is 0 Å². The van der Waals surface area contributed by atoms with Crippen molar-refractivity contribution in [2.45, 2.75) is 77.3 Å². The van der Waals surface area contributed by atoms with Crippen molar-refractivity contribution in [2.24, 2.45) is 0 Å². The van der Waals surface area contributed by atoms with Crippen LogP contribution in [0.3, 0.4) is 0 Å². The Hall–Kier alpha value is -2.17. The minimum absolute atomic E-state index is 0.0888. The van der Waals surface area contributed by atoms with E-state index in [4.69, 9.17) is 5.10 Å². The smallest absolute Gasteiger partial charge is 0.286 e. The lowest BCUT2D eigenvalue weighted by molar-refractivity contribution is -0.684. The van der Waals surface area contributed by atoms with Crippen molar-refractivity contribution in [3.05, 3.63) is 41.5 Å². The maximum atomic E-state index is 12.1. The Kier molecular flexibility index (Phi) is 4.79. The van der Waals surface area contributed by atoms with E-state index in [-0.39, 0.29) is 5.91 Å². The highest BCUT2D eigenvalue weighted by atomic mass is 16.2. The van der Waals surface area contributed by atoms with Gasteiger partial charge in [0.25, 0.3) is 5.91 Å². The van der Waals surface area contributed by atoms with Gasteiger partial charge in [0.1, 0.15) is 5.69 Å². The van der Waals surface area contributed by atoms with Crippen LogP contribution in [0.1, 0.15) is 67.8 Å². The van der Waals surface area contributed by atoms with Gasteiger partial charge in [-0.1, -0.05) is 19.3 Å². The van der Waals surface area contributed by atoms with Crippen LogP contribution in [0.4, 0.5) is 0 Å². The van der Waals surface area contributed by atoms with Gasteiger partial charge in [0.15, 0.2) is 12.4 Å². The molecule has 5 heteroatoms. The zero-order valence-electron chi connectivity index (χ0n) is 15.9. The molecule has 1 amide bonds. The molecule has 2 aromatic heterocycles. The second-order valence-electron chi connectivity index (χ2n) is 7.91. The van der Waals surface area contributed by atoms with Crippen molar-refractivity contribution in [2.75, 3.05) is 0 Å². The van der Waals surface area contributed by atoms with Gasteiger partial charge in [-0.15, -0.1) is 0 Å². The summed E-state index contributed by atoms with van der Waals surface area (Å²) < 4.78 is 4.00. The second-order valence-corrected chi connectivity index (χ2v) is 7.91. The van der Waals surface area contributed by atoms with Crippen LogP contribution >= 0.6 is 0 Å². The molecule has 0 unspecified atom stereocenters. The number of rotatable bonds is 5. The average Bonchev–Trinajstić information content (AvgIpc) is 3.39. The SMILES string of the molecule is Cc1nn(-c2ccc[n+](CC(=O)NC3CC3)c2)c(C)c1C1CCCCC1. The Morgan fingerprint density at radius 1 is 1.23 bits per heavy atom. The van der Waals surface area contributed by atoms with Crippen molar-refractivity contribution in [1.82, 2.24) is 15.1 Å². The van der Waals surface area contributed by atoms with E-state index in [1.165, 1.54) is 43.4 Å². The van der Waals surface area contributed by atoms with Crippen molar-refractivity contribution in [3.8, 4) is 5.69 Å². The number of pyridine rings is 1. The summed E-state index contributed by atoms with van der Waals surface area (Å²) in [4.78, 5) is 12.1. The Morgan fingerprint density at radius 3 is 2.73 bits per heavy atom. The van der Waals surface area contributed by atoms with Gasteiger partial charge in [-0.25, -0.2) is 4.68 Å². The van der Waals surface area contributed by atoms with E-state index < -0.39 is 0 Å². The van der Waals surface area contributed by atoms with Crippen molar-refractivity contribution in [3.63, 3.8) is 0 Å². The minimum Gasteiger partial charge on any atom is -0.348 e. The number of hydrogen-bond donors (Lipinski definition) is 1. The van der Waals surface area contributed by atoms with Gasteiger partial charge in [0, 0.05) is 17.8 Å². The summed E-state index contributed by atoms with van der Waals surface area (Å²) >= 11 is 0. The highest BCUT2D eigenvalue weighted by Crippen LogP contribution is 2.36. The Balaban J connectivity index is 1.57. The van der Waals surface area contributed by atoms with Gasteiger partial charge in [-0.3, -0.25) is 4.79 Å². The number of amides is 1. The Labute approximate surface area is 155 Å². The number of carbonyl (C=O) groups excluding carboxylic acids is 1. The molecule has 26 heavy (non-hydrogen) atoms. The first kappa shape index (κ1) is 17.3. The molecular formula is C21H29N4O+. The lowest BCUT2D eigenvalue weighted by Crippen LogP contribution is -2.43. The second kappa shape index (κ2) is 7.22. The lowest BCUT2D eigenvalue weighted by atomic mass is 9.83. The summed E-state index contributed by atoms with van der Waals surface area (Å²) in [5.74, 6) is 0.739. The molecule has 2 heterocycles. The molecular weight excluding hydrogens is 324 g/mol. The van der Waals surface area contributed by atoms with Crippen LogP contribution in [0.25, 0.3) is 5.69 Å². The van der Waals surface area contributed by atoms with Crippen molar-refractivity contribution >= 4 is 5.91 Å². The first-order chi connectivity index (χ1) is 12.6. The lowest BCUT2D eigenvalue weighted by Gasteiger charge is -2.22. The van der Waals surface area contributed by atoms with E-state index >= 15 is 0 Å². The van der Waals surface area contributed by atoms with E-state index in [1.807, 2.05) is 23.0 Å². The topological polar surface area (TPSA) is 50.8 Å². The average molecular weight is 353 g/mol. The molecule has 0 saturated heterocycles. The highest BCUT2D eigenvalue weighted by molar-refractivity contribution is 5.75. The summed E-state index contributed by atoms with van der Waals surface area (Å²) in [5.41, 5.74) is 4.85. The molecule has 2 aromatic rings. The van der Waals surface area contributed by atoms with Crippen LogP contribution in [-0.2, 0) is 11.3 Å². The van der Waals surface area contributed by atoms with Crippen LogP contribution in [0.15, 0.2) is 24.5 Å². The fourth-order valence-electron chi connectivity index (χ4n) is 4.29.